The number of sulfonamides is 2. The van der Waals surface area contributed by atoms with Crippen LogP contribution in [0.2, 0.25) is 0 Å². The van der Waals surface area contributed by atoms with Crippen molar-refractivity contribution in [2.24, 2.45) is 0 Å². The second-order valence-electron chi connectivity index (χ2n) is 7.53. The van der Waals surface area contributed by atoms with Gasteiger partial charge in [-0.05, 0) is 35.9 Å². The number of amides is 1. The molecule has 3 rings (SSSR count). The fourth-order valence-corrected chi connectivity index (χ4v) is 5.50. The second kappa shape index (κ2) is 11.3. The highest BCUT2D eigenvalue weighted by Gasteiger charge is 2.26. The highest BCUT2D eigenvalue weighted by atomic mass is 32.2. The Morgan fingerprint density at radius 2 is 1.51 bits per heavy atom. The Labute approximate surface area is 205 Å². The third kappa shape index (κ3) is 6.59. The summed E-state index contributed by atoms with van der Waals surface area (Å²) in [5.41, 5.74) is 0.988. The SMILES string of the molecule is COc1ccc(S(=O)(=O)NCCC(=O)NCc2ccccc2)cc1N(C)S(=O)(=O)c1ccccc1. The number of nitrogens with one attached hydrogen (secondary N) is 2. The summed E-state index contributed by atoms with van der Waals surface area (Å²) in [5, 5.41) is 2.73. The van der Waals surface area contributed by atoms with Crippen molar-refractivity contribution in [1.29, 1.82) is 0 Å². The number of ether oxygens (including phenoxy) is 1. The van der Waals surface area contributed by atoms with Gasteiger partial charge >= 0.3 is 0 Å². The maximum atomic E-state index is 13.0. The van der Waals surface area contributed by atoms with E-state index in [2.05, 4.69) is 10.0 Å². The van der Waals surface area contributed by atoms with Crippen molar-refractivity contribution in [3.63, 3.8) is 0 Å². The molecule has 0 atom stereocenters. The molecule has 0 heterocycles. The predicted molar refractivity (Wildman–Crippen MR) is 133 cm³/mol. The molecule has 0 saturated carbocycles. The minimum Gasteiger partial charge on any atom is -0.495 e. The van der Waals surface area contributed by atoms with Gasteiger partial charge in [-0.25, -0.2) is 21.6 Å². The summed E-state index contributed by atoms with van der Waals surface area (Å²) >= 11 is 0. The lowest BCUT2D eigenvalue weighted by atomic mass is 10.2. The number of carbonyl (C=O) groups excluding carboxylic acids is 1. The molecule has 0 aliphatic rings. The Morgan fingerprint density at radius 3 is 2.14 bits per heavy atom. The van der Waals surface area contributed by atoms with Gasteiger partial charge in [0.25, 0.3) is 10.0 Å². The normalized spacial score (nSPS) is 11.6. The molecule has 0 unspecified atom stereocenters. The molecule has 0 aromatic heterocycles. The Morgan fingerprint density at radius 1 is 0.886 bits per heavy atom. The van der Waals surface area contributed by atoms with E-state index in [1.165, 1.54) is 44.5 Å². The lowest BCUT2D eigenvalue weighted by Crippen LogP contribution is -2.31. The van der Waals surface area contributed by atoms with Crippen molar-refractivity contribution in [2.45, 2.75) is 22.8 Å². The second-order valence-corrected chi connectivity index (χ2v) is 11.3. The van der Waals surface area contributed by atoms with E-state index in [-0.39, 0.29) is 40.1 Å². The Hall–Kier alpha value is -3.41. The van der Waals surface area contributed by atoms with Crippen LogP contribution in [0, 0.1) is 0 Å². The van der Waals surface area contributed by atoms with Crippen LogP contribution in [-0.2, 0) is 31.4 Å². The number of anilines is 1. The third-order valence-corrected chi connectivity index (χ3v) is 8.42. The van der Waals surface area contributed by atoms with E-state index in [0.717, 1.165) is 9.87 Å². The maximum absolute atomic E-state index is 13.0. The average Bonchev–Trinajstić information content (AvgIpc) is 2.87. The number of hydrogen-bond donors (Lipinski definition) is 2. The van der Waals surface area contributed by atoms with Gasteiger partial charge in [0.15, 0.2) is 0 Å². The largest absolute Gasteiger partial charge is 0.495 e. The van der Waals surface area contributed by atoms with E-state index in [9.17, 15) is 21.6 Å². The highest BCUT2D eigenvalue weighted by Crippen LogP contribution is 2.33. The summed E-state index contributed by atoms with van der Waals surface area (Å²) in [7, 11) is -5.30. The van der Waals surface area contributed by atoms with Gasteiger partial charge in [-0.1, -0.05) is 48.5 Å². The van der Waals surface area contributed by atoms with E-state index in [1.54, 1.807) is 18.2 Å². The predicted octanol–water partition coefficient (Wildman–Crippen LogP) is 2.51. The standard InChI is InChI=1S/C24H27N3O6S2/c1-27(35(31,32)20-11-7-4-8-12-20)22-17-21(13-14-23(22)33-2)34(29,30)26-16-15-24(28)25-18-19-9-5-3-6-10-19/h3-14,17,26H,15-16,18H2,1-2H3,(H,25,28). The van der Waals surface area contributed by atoms with Crippen LogP contribution in [-0.4, -0.2) is 43.4 Å². The zero-order chi connectivity index (χ0) is 25.5. The first-order valence-corrected chi connectivity index (χ1v) is 13.6. The zero-order valence-corrected chi connectivity index (χ0v) is 21.0. The summed E-state index contributed by atoms with van der Waals surface area (Å²) in [6.07, 6.45) is -0.0582. The first-order valence-electron chi connectivity index (χ1n) is 10.7. The zero-order valence-electron chi connectivity index (χ0n) is 19.3. The van der Waals surface area contributed by atoms with Gasteiger partial charge in [0.05, 0.1) is 22.6 Å². The third-order valence-electron chi connectivity index (χ3n) is 5.18. The minimum atomic E-state index is -4.02. The average molecular weight is 518 g/mol. The van der Waals surface area contributed by atoms with Gasteiger partial charge in [-0.2, -0.15) is 0 Å². The summed E-state index contributed by atoms with van der Waals surface area (Å²) in [4.78, 5) is 12.0. The number of nitrogens with zero attached hydrogens (tertiary/aromatic N) is 1. The van der Waals surface area contributed by atoms with E-state index in [0.29, 0.717) is 6.54 Å². The van der Waals surface area contributed by atoms with Crippen molar-refractivity contribution >= 4 is 31.6 Å². The van der Waals surface area contributed by atoms with E-state index in [4.69, 9.17) is 4.74 Å². The molecule has 0 saturated heterocycles. The van der Waals surface area contributed by atoms with E-state index < -0.39 is 20.0 Å². The topological polar surface area (TPSA) is 122 Å². The molecule has 0 bridgehead atoms. The van der Waals surface area contributed by atoms with Crippen LogP contribution in [0.3, 0.4) is 0 Å². The lowest BCUT2D eigenvalue weighted by Gasteiger charge is -2.22. The molecule has 0 aliphatic heterocycles. The lowest BCUT2D eigenvalue weighted by molar-refractivity contribution is -0.121. The van der Waals surface area contributed by atoms with Crippen LogP contribution in [0.1, 0.15) is 12.0 Å². The van der Waals surface area contributed by atoms with Crippen molar-refractivity contribution < 1.29 is 26.4 Å². The number of benzene rings is 3. The van der Waals surface area contributed by atoms with E-state index in [1.807, 2.05) is 30.3 Å². The maximum Gasteiger partial charge on any atom is 0.264 e. The molecule has 186 valence electrons. The van der Waals surface area contributed by atoms with Crippen LogP contribution in [0.15, 0.2) is 88.7 Å². The van der Waals surface area contributed by atoms with Gasteiger partial charge < -0.3 is 10.1 Å². The fraction of sp³-hybridized carbons (Fsp3) is 0.208. The van der Waals surface area contributed by atoms with Crippen LogP contribution in [0.4, 0.5) is 5.69 Å². The summed E-state index contributed by atoms with van der Waals surface area (Å²) < 4.78 is 60.4. The monoisotopic (exact) mass is 517 g/mol. The Kier molecular flexibility index (Phi) is 8.49. The van der Waals surface area contributed by atoms with Crippen LogP contribution >= 0.6 is 0 Å². The van der Waals surface area contributed by atoms with Crippen LogP contribution < -0.4 is 19.1 Å². The van der Waals surface area contributed by atoms with Gasteiger partial charge in [0.1, 0.15) is 5.75 Å². The number of methoxy groups -OCH3 is 1. The highest BCUT2D eigenvalue weighted by molar-refractivity contribution is 7.92. The first-order chi connectivity index (χ1) is 16.6. The molecule has 0 fully saturated rings. The number of hydrogen-bond acceptors (Lipinski definition) is 6. The van der Waals surface area contributed by atoms with Crippen molar-refractivity contribution in [3.8, 4) is 5.75 Å². The van der Waals surface area contributed by atoms with Crippen molar-refractivity contribution in [1.82, 2.24) is 10.0 Å². The molecule has 3 aromatic carbocycles. The molecule has 0 spiro atoms. The quantitative estimate of drug-likeness (QED) is 0.403. The Balaban J connectivity index is 1.71. The molecule has 3 aromatic rings. The summed E-state index contributed by atoms with van der Waals surface area (Å²) in [5.74, 6) is -0.119. The molecule has 35 heavy (non-hydrogen) atoms. The number of rotatable bonds is 11. The van der Waals surface area contributed by atoms with Gasteiger partial charge in [0.2, 0.25) is 15.9 Å². The van der Waals surface area contributed by atoms with Gasteiger partial charge in [-0.15, -0.1) is 0 Å². The summed E-state index contributed by atoms with van der Waals surface area (Å²) in [6.45, 7) is 0.221. The molecule has 9 nitrogen and oxygen atoms in total. The van der Waals surface area contributed by atoms with Crippen LogP contribution in [0.25, 0.3) is 0 Å². The molecule has 1 amide bonds. The first kappa shape index (κ1) is 26.2. The molecule has 2 N–H and O–H groups in total. The van der Waals surface area contributed by atoms with Crippen molar-refractivity contribution in [2.75, 3.05) is 25.0 Å². The summed E-state index contributed by atoms with van der Waals surface area (Å²) in [6, 6.07) is 21.0. The van der Waals surface area contributed by atoms with Crippen molar-refractivity contribution in [3.05, 3.63) is 84.4 Å². The molecule has 11 heteroatoms. The number of carbonyl (C=O) groups is 1. The molecular weight excluding hydrogens is 490 g/mol. The smallest absolute Gasteiger partial charge is 0.264 e. The fourth-order valence-electron chi connectivity index (χ4n) is 3.23. The van der Waals surface area contributed by atoms with Gasteiger partial charge in [-0.3, -0.25) is 9.10 Å². The van der Waals surface area contributed by atoms with E-state index >= 15 is 0 Å². The minimum absolute atomic E-state index is 0.0532. The molecule has 0 radical (unpaired) electrons. The Bertz CT molecular complexity index is 1360. The molecule has 0 aliphatic carbocycles. The van der Waals surface area contributed by atoms with Gasteiger partial charge in [0, 0.05) is 26.6 Å². The van der Waals surface area contributed by atoms with Crippen LogP contribution in [0.5, 0.6) is 5.75 Å². The molecular formula is C24H27N3O6S2.